The number of aliphatic imine (C=N–C) groups is 1. The van der Waals surface area contributed by atoms with Gasteiger partial charge in [-0.2, -0.15) is 0 Å². The maximum absolute atomic E-state index is 5.50. The number of rotatable bonds is 8. The predicted molar refractivity (Wildman–Crippen MR) is 127 cm³/mol. The Morgan fingerprint density at radius 3 is 2.93 bits per heavy atom. The van der Waals surface area contributed by atoms with E-state index >= 15 is 0 Å². The van der Waals surface area contributed by atoms with E-state index in [-0.39, 0.29) is 24.0 Å². The van der Waals surface area contributed by atoms with E-state index in [0.717, 1.165) is 64.0 Å². The quantitative estimate of drug-likeness (QED) is 0.335. The summed E-state index contributed by atoms with van der Waals surface area (Å²) < 4.78 is 7.59. The zero-order chi connectivity index (χ0) is 19.8. The van der Waals surface area contributed by atoms with E-state index in [0.29, 0.717) is 5.92 Å². The molecule has 3 rings (SSSR count). The van der Waals surface area contributed by atoms with Crippen LogP contribution in [0, 0.1) is 12.8 Å². The molecular formula is C21H33IN6O. The summed E-state index contributed by atoms with van der Waals surface area (Å²) in [6.45, 7) is 9.15. The van der Waals surface area contributed by atoms with Crippen molar-refractivity contribution in [2.45, 2.75) is 39.8 Å². The molecule has 1 unspecified atom stereocenters. The Labute approximate surface area is 191 Å². The first kappa shape index (κ1) is 23.6. The molecule has 0 bridgehead atoms. The number of aromatic nitrogens is 3. The van der Waals surface area contributed by atoms with Crippen molar-refractivity contribution in [3.63, 3.8) is 0 Å². The highest BCUT2D eigenvalue weighted by Crippen LogP contribution is 2.13. The molecule has 1 atom stereocenters. The summed E-state index contributed by atoms with van der Waals surface area (Å²) in [7, 11) is 2.10. The van der Waals surface area contributed by atoms with Crippen LogP contribution in [-0.2, 0) is 24.2 Å². The highest BCUT2D eigenvalue weighted by Gasteiger charge is 2.16. The standard InChI is InChI=1S/C21H32N6O.HI/c1-4-20-25-24-16-27(20)11-10-22-21(23-13-18-9-12-28-15-18)26(3)14-19-8-6-5-7-17(19)2;/h5-8,16,18H,4,9-15H2,1-3H3,(H,22,23);1H. The summed E-state index contributed by atoms with van der Waals surface area (Å²) in [5.41, 5.74) is 2.62. The van der Waals surface area contributed by atoms with E-state index < -0.39 is 0 Å². The molecule has 29 heavy (non-hydrogen) atoms. The fraction of sp³-hybridized carbons (Fsp3) is 0.571. The third kappa shape index (κ3) is 6.95. The van der Waals surface area contributed by atoms with Crippen molar-refractivity contribution in [2.75, 3.05) is 33.4 Å². The summed E-state index contributed by atoms with van der Waals surface area (Å²) >= 11 is 0. The molecule has 1 aliphatic heterocycles. The minimum absolute atomic E-state index is 0. The molecule has 1 aromatic heterocycles. The number of aryl methyl sites for hydroxylation is 2. The first-order valence-corrected chi connectivity index (χ1v) is 10.2. The van der Waals surface area contributed by atoms with Gasteiger partial charge in [0.2, 0.25) is 0 Å². The van der Waals surface area contributed by atoms with Gasteiger partial charge in [0.1, 0.15) is 12.2 Å². The molecule has 1 N–H and O–H groups in total. The van der Waals surface area contributed by atoms with Crippen LogP contribution in [0.3, 0.4) is 0 Å². The second-order valence-corrected chi connectivity index (χ2v) is 7.40. The molecule has 1 aromatic carbocycles. The van der Waals surface area contributed by atoms with Crippen molar-refractivity contribution in [1.29, 1.82) is 0 Å². The Morgan fingerprint density at radius 1 is 1.38 bits per heavy atom. The van der Waals surface area contributed by atoms with Crippen molar-refractivity contribution in [2.24, 2.45) is 10.9 Å². The van der Waals surface area contributed by atoms with Crippen LogP contribution in [0.5, 0.6) is 0 Å². The Hall–Kier alpha value is -1.68. The topological polar surface area (TPSA) is 67.6 Å². The molecule has 1 saturated heterocycles. The van der Waals surface area contributed by atoms with Gasteiger partial charge < -0.3 is 19.5 Å². The van der Waals surface area contributed by atoms with Crippen LogP contribution >= 0.6 is 24.0 Å². The highest BCUT2D eigenvalue weighted by molar-refractivity contribution is 14.0. The number of benzene rings is 1. The summed E-state index contributed by atoms with van der Waals surface area (Å²) in [5, 5.41) is 11.7. The number of hydrogen-bond donors (Lipinski definition) is 1. The lowest BCUT2D eigenvalue weighted by Gasteiger charge is -2.24. The van der Waals surface area contributed by atoms with Crippen molar-refractivity contribution >= 4 is 29.9 Å². The smallest absolute Gasteiger partial charge is 0.194 e. The number of nitrogens with one attached hydrogen (secondary N) is 1. The normalized spacial score (nSPS) is 16.5. The van der Waals surface area contributed by atoms with Crippen LogP contribution in [0.1, 0.15) is 30.3 Å². The van der Waals surface area contributed by atoms with Crippen LogP contribution < -0.4 is 5.32 Å². The summed E-state index contributed by atoms with van der Waals surface area (Å²) in [6.07, 6.45) is 3.78. The Morgan fingerprint density at radius 2 is 2.21 bits per heavy atom. The molecule has 7 nitrogen and oxygen atoms in total. The second-order valence-electron chi connectivity index (χ2n) is 7.40. The number of guanidine groups is 1. The zero-order valence-electron chi connectivity index (χ0n) is 17.7. The summed E-state index contributed by atoms with van der Waals surface area (Å²) in [4.78, 5) is 7.10. The fourth-order valence-electron chi connectivity index (χ4n) is 3.40. The third-order valence-electron chi connectivity index (χ3n) is 5.20. The zero-order valence-corrected chi connectivity index (χ0v) is 20.0. The molecule has 0 amide bonds. The van der Waals surface area contributed by atoms with Crippen LogP contribution in [-0.4, -0.2) is 59.0 Å². The highest BCUT2D eigenvalue weighted by atomic mass is 127. The minimum atomic E-state index is 0. The van der Waals surface area contributed by atoms with Crippen molar-refractivity contribution in [1.82, 2.24) is 25.0 Å². The maximum atomic E-state index is 5.50. The van der Waals surface area contributed by atoms with Gasteiger partial charge in [-0.1, -0.05) is 31.2 Å². The maximum Gasteiger partial charge on any atom is 0.194 e. The number of halogens is 1. The minimum Gasteiger partial charge on any atom is -0.381 e. The van der Waals surface area contributed by atoms with E-state index in [1.165, 1.54) is 11.1 Å². The Balaban J connectivity index is 0.00000300. The molecule has 1 aliphatic rings. The van der Waals surface area contributed by atoms with Gasteiger partial charge in [-0.25, -0.2) is 0 Å². The Bertz CT molecular complexity index is 772. The number of nitrogens with zero attached hydrogens (tertiary/aromatic N) is 5. The predicted octanol–water partition coefficient (Wildman–Crippen LogP) is 2.88. The van der Waals surface area contributed by atoms with E-state index in [9.17, 15) is 0 Å². The average Bonchev–Trinajstić information content (AvgIpc) is 3.37. The molecule has 0 spiro atoms. The molecule has 1 fully saturated rings. The monoisotopic (exact) mass is 512 g/mol. The molecule has 2 heterocycles. The van der Waals surface area contributed by atoms with Gasteiger partial charge in [0.25, 0.3) is 0 Å². The molecule has 2 aromatic rings. The average molecular weight is 512 g/mol. The molecule has 0 saturated carbocycles. The van der Waals surface area contributed by atoms with Crippen molar-refractivity contribution < 1.29 is 4.74 Å². The van der Waals surface area contributed by atoms with E-state index in [4.69, 9.17) is 9.73 Å². The largest absolute Gasteiger partial charge is 0.381 e. The molecule has 160 valence electrons. The Kier molecular flexibility index (Phi) is 9.86. The first-order chi connectivity index (χ1) is 13.7. The first-order valence-electron chi connectivity index (χ1n) is 10.2. The van der Waals surface area contributed by atoms with Crippen LogP contribution in [0.4, 0.5) is 0 Å². The van der Waals surface area contributed by atoms with Crippen molar-refractivity contribution in [3.8, 4) is 0 Å². The van der Waals surface area contributed by atoms with Gasteiger partial charge in [0.05, 0.1) is 6.61 Å². The third-order valence-corrected chi connectivity index (χ3v) is 5.20. The van der Waals surface area contributed by atoms with Crippen LogP contribution in [0.2, 0.25) is 0 Å². The van der Waals surface area contributed by atoms with Crippen molar-refractivity contribution in [3.05, 3.63) is 47.5 Å². The number of ether oxygens (including phenoxy) is 1. The van der Waals surface area contributed by atoms with E-state index in [2.05, 4.69) is 70.1 Å². The van der Waals surface area contributed by atoms with E-state index in [1.807, 2.05) is 0 Å². The number of hydrogen-bond acceptors (Lipinski definition) is 4. The lowest BCUT2D eigenvalue weighted by Crippen LogP contribution is -2.40. The summed E-state index contributed by atoms with van der Waals surface area (Å²) in [6, 6.07) is 8.51. The van der Waals surface area contributed by atoms with Gasteiger partial charge in [0.15, 0.2) is 5.96 Å². The van der Waals surface area contributed by atoms with Gasteiger partial charge in [-0.05, 0) is 24.5 Å². The van der Waals surface area contributed by atoms with Crippen LogP contribution in [0.15, 0.2) is 35.6 Å². The molecule has 0 aliphatic carbocycles. The second kappa shape index (κ2) is 12.1. The van der Waals surface area contributed by atoms with Gasteiger partial charge >= 0.3 is 0 Å². The van der Waals surface area contributed by atoms with Gasteiger partial charge in [0, 0.05) is 52.2 Å². The molecule has 0 radical (unpaired) electrons. The van der Waals surface area contributed by atoms with Gasteiger partial charge in [-0.3, -0.25) is 4.99 Å². The molecular weight excluding hydrogens is 479 g/mol. The SMILES string of the molecule is CCc1nncn1CCNC(=NCC1CCOC1)N(C)Cc1ccccc1C.I. The lowest BCUT2D eigenvalue weighted by molar-refractivity contribution is 0.187. The lowest BCUT2D eigenvalue weighted by atomic mass is 10.1. The summed E-state index contributed by atoms with van der Waals surface area (Å²) in [5.74, 6) is 2.46. The van der Waals surface area contributed by atoms with E-state index in [1.54, 1.807) is 6.33 Å². The van der Waals surface area contributed by atoms with Gasteiger partial charge in [-0.15, -0.1) is 34.2 Å². The molecule has 8 heteroatoms. The fourth-order valence-corrected chi connectivity index (χ4v) is 3.40. The van der Waals surface area contributed by atoms with Crippen LogP contribution in [0.25, 0.3) is 0 Å².